The molecule has 0 aliphatic carbocycles. The number of carbonyl (C=O) groups excluding carboxylic acids is 1. The Labute approximate surface area is 128 Å². The molecule has 0 fully saturated rings. The first kappa shape index (κ1) is 15.9. The van der Waals surface area contributed by atoms with Gasteiger partial charge in [0.2, 0.25) is 5.91 Å². The van der Waals surface area contributed by atoms with Crippen molar-refractivity contribution in [3.05, 3.63) is 59.6 Å². The Kier molecular flexibility index (Phi) is 5.38. The molecule has 0 unspecified atom stereocenters. The predicted molar refractivity (Wildman–Crippen MR) is 83.3 cm³/mol. The fourth-order valence-electron chi connectivity index (χ4n) is 2.03. The number of hydrogen-bond donors (Lipinski definition) is 3. The molecule has 1 amide bonds. The van der Waals surface area contributed by atoms with Gasteiger partial charge in [0.15, 0.2) is 0 Å². The van der Waals surface area contributed by atoms with Crippen molar-refractivity contribution < 1.29 is 19.4 Å². The zero-order chi connectivity index (χ0) is 15.9. The first-order valence-corrected chi connectivity index (χ1v) is 7.00. The number of furan rings is 1. The van der Waals surface area contributed by atoms with Crippen molar-refractivity contribution in [3.63, 3.8) is 0 Å². The summed E-state index contributed by atoms with van der Waals surface area (Å²) < 4.78 is 5.33. The van der Waals surface area contributed by atoms with E-state index in [-0.39, 0.29) is 24.3 Å². The van der Waals surface area contributed by atoms with Crippen LogP contribution in [-0.2, 0) is 11.2 Å². The normalized spacial score (nSPS) is 12.5. The highest BCUT2D eigenvalue weighted by Crippen LogP contribution is 2.11. The quantitative estimate of drug-likeness (QED) is 0.713. The van der Waals surface area contributed by atoms with E-state index in [0.29, 0.717) is 12.2 Å². The van der Waals surface area contributed by atoms with Gasteiger partial charge in [-0.1, -0.05) is 12.1 Å². The Balaban J connectivity index is 1.90. The van der Waals surface area contributed by atoms with E-state index in [1.807, 2.05) is 13.0 Å². The number of nitrogens with one attached hydrogen (secondary N) is 1. The fourth-order valence-corrected chi connectivity index (χ4v) is 2.03. The summed E-state index contributed by atoms with van der Waals surface area (Å²) in [4.78, 5) is 11.8. The van der Waals surface area contributed by atoms with Crippen LogP contribution in [0.25, 0.3) is 6.08 Å². The van der Waals surface area contributed by atoms with E-state index < -0.39 is 0 Å². The Morgan fingerprint density at radius 2 is 2.00 bits per heavy atom. The molecule has 0 saturated carbocycles. The number of rotatable bonds is 6. The van der Waals surface area contributed by atoms with Crippen molar-refractivity contribution in [2.45, 2.75) is 19.4 Å². The van der Waals surface area contributed by atoms with Crippen molar-refractivity contribution >= 4 is 12.0 Å². The Hall–Kier alpha value is -2.53. The maximum atomic E-state index is 11.8. The molecule has 0 spiro atoms. The molecule has 3 N–H and O–H groups in total. The minimum atomic E-state index is -0.389. The molecule has 2 aromatic rings. The van der Waals surface area contributed by atoms with Crippen LogP contribution in [0.3, 0.4) is 0 Å². The van der Waals surface area contributed by atoms with E-state index in [1.54, 1.807) is 36.4 Å². The number of aliphatic hydroxyl groups is 1. The lowest BCUT2D eigenvalue weighted by Crippen LogP contribution is -2.38. The summed E-state index contributed by atoms with van der Waals surface area (Å²) in [6, 6.07) is 9.87. The maximum Gasteiger partial charge on any atom is 0.244 e. The second-order valence-electron chi connectivity index (χ2n) is 5.04. The van der Waals surface area contributed by atoms with Gasteiger partial charge < -0.3 is 19.9 Å². The van der Waals surface area contributed by atoms with Gasteiger partial charge >= 0.3 is 0 Å². The van der Waals surface area contributed by atoms with Crippen LogP contribution in [0.2, 0.25) is 0 Å². The molecule has 22 heavy (non-hydrogen) atoms. The lowest BCUT2D eigenvalue weighted by Gasteiger charge is -2.15. The van der Waals surface area contributed by atoms with Crippen LogP contribution < -0.4 is 5.32 Å². The number of aryl methyl sites for hydroxylation is 1. The van der Waals surface area contributed by atoms with Crippen LogP contribution in [0.1, 0.15) is 17.1 Å². The zero-order valence-corrected chi connectivity index (χ0v) is 12.3. The monoisotopic (exact) mass is 301 g/mol. The smallest absolute Gasteiger partial charge is 0.244 e. The third kappa shape index (κ3) is 4.79. The number of phenolic OH excluding ortho intramolecular Hbond substituents is 1. The highest BCUT2D eigenvalue weighted by atomic mass is 16.3. The molecule has 1 aromatic carbocycles. The number of phenols is 1. The molecule has 5 heteroatoms. The van der Waals surface area contributed by atoms with Crippen LogP contribution >= 0.6 is 0 Å². The van der Waals surface area contributed by atoms with Crippen LogP contribution in [0.4, 0.5) is 0 Å². The molecule has 0 saturated heterocycles. The minimum Gasteiger partial charge on any atom is -0.508 e. The Bertz CT molecular complexity index is 643. The summed E-state index contributed by atoms with van der Waals surface area (Å²) in [5.41, 5.74) is 0.919. The van der Waals surface area contributed by atoms with E-state index in [4.69, 9.17) is 4.42 Å². The molecule has 2 rings (SSSR count). The van der Waals surface area contributed by atoms with Gasteiger partial charge in [0.1, 0.15) is 17.3 Å². The molecular weight excluding hydrogens is 282 g/mol. The number of aromatic hydroxyl groups is 1. The van der Waals surface area contributed by atoms with Crippen molar-refractivity contribution in [3.8, 4) is 5.75 Å². The van der Waals surface area contributed by atoms with Crippen LogP contribution in [-0.4, -0.2) is 28.8 Å². The number of carbonyl (C=O) groups is 1. The highest BCUT2D eigenvalue weighted by Gasteiger charge is 2.10. The van der Waals surface area contributed by atoms with Gasteiger partial charge in [0.25, 0.3) is 0 Å². The van der Waals surface area contributed by atoms with Crippen LogP contribution in [0, 0.1) is 6.92 Å². The molecule has 5 nitrogen and oxygen atoms in total. The van der Waals surface area contributed by atoms with E-state index in [9.17, 15) is 15.0 Å². The van der Waals surface area contributed by atoms with Gasteiger partial charge in [-0.05, 0) is 49.2 Å². The largest absolute Gasteiger partial charge is 0.508 e. The third-order valence-electron chi connectivity index (χ3n) is 3.15. The molecule has 116 valence electrons. The van der Waals surface area contributed by atoms with Crippen molar-refractivity contribution in [1.29, 1.82) is 0 Å². The van der Waals surface area contributed by atoms with Crippen LogP contribution in [0.15, 0.2) is 46.9 Å². The average molecular weight is 301 g/mol. The molecule has 0 aliphatic heterocycles. The molecule has 0 radical (unpaired) electrons. The standard InChI is InChI=1S/C17H19NO4/c1-12-2-7-16(22-12)8-9-17(21)18-14(11-19)10-13-3-5-15(20)6-4-13/h2-9,14,19-20H,10-11H2,1H3,(H,18,21)/b9-8+/t14-/m0/s1. The second-order valence-corrected chi connectivity index (χ2v) is 5.04. The number of amides is 1. The van der Waals surface area contributed by atoms with E-state index in [2.05, 4.69) is 5.32 Å². The molecule has 1 heterocycles. The Morgan fingerprint density at radius 3 is 2.59 bits per heavy atom. The van der Waals surface area contributed by atoms with Crippen LogP contribution in [0.5, 0.6) is 5.75 Å². The van der Waals surface area contributed by atoms with Crippen molar-refractivity contribution in [2.75, 3.05) is 6.61 Å². The summed E-state index contributed by atoms with van der Waals surface area (Å²) >= 11 is 0. The Morgan fingerprint density at radius 1 is 1.27 bits per heavy atom. The SMILES string of the molecule is Cc1ccc(/C=C/C(=O)N[C@H](CO)Cc2ccc(O)cc2)o1. The summed E-state index contributed by atoms with van der Waals surface area (Å²) in [6.45, 7) is 1.66. The van der Waals surface area contributed by atoms with Crippen molar-refractivity contribution in [2.24, 2.45) is 0 Å². The number of benzene rings is 1. The van der Waals surface area contributed by atoms with Gasteiger partial charge in [0.05, 0.1) is 12.6 Å². The lowest BCUT2D eigenvalue weighted by atomic mass is 10.1. The van der Waals surface area contributed by atoms with Gasteiger partial charge in [-0.25, -0.2) is 0 Å². The third-order valence-corrected chi connectivity index (χ3v) is 3.15. The van der Waals surface area contributed by atoms with E-state index >= 15 is 0 Å². The maximum absolute atomic E-state index is 11.8. The van der Waals surface area contributed by atoms with E-state index in [0.717, 1.165) is 11.3 Å². The van der Waals surface area contributed by atoms with Gasteiger partial charge in [-0.15, -0.1) is 0 Å². The highest BCUT2D eigenvalue weighted by molar-refractivity contribution is 5.91. The van der Waals surface area contributed by atoms with Gasteiger partial charge in [-0.3, -0.25) is 4.79 Å². The fraction of sp³-hybridized carbons (Fsp3) is 0.235. The summed E-state index contributed by atoms with van der Waals surface area (Å²) in [6.07, 6.45) is 3.44. The summed E-state index contributed by atoms with van der Waals surface area (Å²) in [5, 5.41) is 21.3. The second kappa shape index (κ2) is 7.47. The molecule has 1 atom stereocenters. The first-order chi connectivity index (χ1) is 10.6. The molecule has 1 aromatic heterocycles. The topological polar surface area (TPSA) is 82.7 Å². The van der Waals surface area contributed by atoms with Crippen molar-refractivity contribution in [1.82, 2.24) is 5.32 Å². The molecule has 0 bridgehead atoms. The summed E-state index contributed by atoms with van der Waals surface area (Å²) in [5.74, 6) is 1.27. The molecular formula is C17H19NO4. The first-order valence-electron chi connectivity index (χ1n) is 7.00. The minimum absolute atomic E-state index is 0.166. The lowest BCUT2D eigenvalue weighted by molar-refractivity contribution is -0.117. The number of aliphatic hydroxyl groups excluding tert-OH is 1. The molecule has 0 aliphatic rings. The zero-order valence-electron chi connectivity index (χ0n) is 12.3. The van der Waals surface area contributed by atoms with E-state index in [1.165, 1.54) is 6.08 Å². The number of hydrogen-bond acceptors (Lipinski definition) is 4. The summed E-state index contributed by atoms with van der Waals surface area (Å²) in [7, 11) is 0. The van der Waals surface area contributed by atoms with Gasteiger partial charge in [-0.2, -0.15) is 0 Å². The van der Waals surface area contributed by atoms with Gasteiger partial charge in [0, 0.05) is 6.08 Å². The predicted octanol–water partition coefficient (Wildman–Crippen LogP) is 2.03. The average Bonchev–Trinajstić information content (AvgIpc) is 2.92.